The van der Waals surface area contributed by atoms with Crippen LogP contribution in [0.2, 0.25) is 0 Å². The van der Waals surface area contributed by atoms with Gasteiger partial charge in [-0.3, -0.25) is 9.59 Å². The smallest absolute Gasteiger partial charge is 0.254 e. The van der Waals surface area contributed by atoms with E-state index in [0.29, 0.717) is 63.2 Å². The molecule has 1 aromatic carbocycles. The number of carbonyl (C=O) groups excluding carboxylic acids is 2. The van der Waals surface area contributed by atoms with Crippen molar-refractivity contribution in [3.05, 3.63) is 58.9 Å². The molecule has 3 aliphatic rings. The molecule has 1 saturated heterocycles. The molecular formula is C26H35N3O5. The Labute approximate surface area is 201 Å². The second kappa shape index (κ2) is 11.6. The summed E-state index contributed by atoms with van der Waals surface area (Å²) in [4.78, 5) is 27.5. The minimum absolute atomic E-state index is 0.0340. The van der Waals surface area contributed by atoms with E-state index in [2.05, 4.69) is 34.9 Å². The lowest BCUT2D eigenvalue weighted by Gasteiger charge is -2.30. The number of nitrogens with zero attached hydrogens (tertiary/aromatic N) is 1. The molecule has 0 aromatic heterocycles. The van der Waals surface area contributed by atoms with Crippen LogP contribution in [0, 0.1) is 5.92 Å². The zero-order chi connectivity index (χ0) is 23.9. The van der Waals surface area contributed by atoms with E-state index in [-0.39, 0.29) is 24.3 Å². The summed E-state index contributed by atoms with van der Waals surface area (Å²) in [6, 6.07) is 8.70. The number of aliphatic hydroxyl groups excluding tert-OH is 1. The van der Waals surface area contributed by atoms with E-state index in [4.69, 9.17) is 9.47 Å². The first-order valence-electron chi connectivity index (χ1n) is 12.2. The second-order valence-electron chi connectivity index (χ2n) is 9.01. The fourth-order valence-corrected chi connectivity index (χ4v) is 4.75. The van der Waals surface area contributed by atoms with Crippen LogP contribution in [0.25, 0.3) is 0 Å². The number of amides is 2. The Kier molecular flexibility index (Phi) is 8.37. The number of nitrogens with one attached hydrogen (secondary N) is 2. The fourth-order valence-electron chi connectivity index (χ4n) is 4.75. The largest absolute Gasteiger partial charge is 0.493 e. The Balaban J connectivity index is 1.25. The highest BCUT2D eigenvalue weighted by Crippen LogP contribution is 2.26. The number of hydrogen-bond acceptors (Lipinski definition) is 6. The minimum Gasteiger partial charge on any atom is -0.493 e. The second-order valence-corrected chi connectivity index (χ2v) is 9.01. The molecule has 8 nitrogen and oxygen atoms in total. The molecule has 1 aliphatic heterocycles. The summed E-state index contributed by atoms with van der Waals surface area (Å²) in [6.45, 7) is 5.06. The molecule has 4 rings (SSSR count). The van der Waals surface area contributed by atoms with Gasteiger partial charge in [-0.05, 0) is 43.4 Å². The van der Waals surface area contributed by atoms with Gasteiger partial charge in [0.15, 0.2) is 0 Å². The van der Waals surface area contributed by atoms with Crippen molar-refractivity contribution in [1.29, 1.82) is 0 Å². The van der Waals surface area contributed by atoms with Crippen molar-refractivity contribution >= 4 is 11.8 Å². The van der Waals surface area contributed by atoms with E-state index in [0.717, 1.165) is 12.8 Å². The van der Waals surface area contributed by atoms with Crippen molar-refractivity contribution in [1.82, 2.24) is 15.5 Å². The lowest BCUT2D eigenvalue weighted by molar-refractivity contribution is -0.138. The molecule has 3 N–H and O–H groups in total. The zero-order valence-electron chi connectivity index (χ0n) is 19.8. The number of fused-ring (bicyclic) bond motifs is 1. The number of hydrogen-bond donors (Lipinski definition) is 3. The molecule has 0 saturated carbocycles. The third-order valence-electron chi connectivity index (χ3n) is 6.57. The molecule has 2 aliphatic carbocycles. The van der Waals surface area contributed by atoms with Gasteiger partial charge in [-0.15, -0.1) is 0 Å². The summed E-state index contributed by atoms with van der Waals surface area (Å²) in [7, 11) is 0. The van der Waals surface area contributed by atoms with Gasteiger partial charge in [-0.2, -0.15) is 0 Å². The molecule has 1 heterocycles. The summed E-state index contributed by atoms with van der Waals surface area (Å²) >= 11 is 0. The van der Waals surface area contributed by atoms with E-state index < -0.39 is 6.10 Å². The van der Waals surface area contributed by atoms with E-state index in [1.165, 1.54) is 11.1 Å². The van der Waals surface area contributed by atoms with Crippen molar-refractivity contribution < 1.29 is 24.2 Å². The van der Waals surface area contributed by atoms with Crippen LogP contribution in [0.3, 0.4) is 0 Å². The molecular weight excluding hydrogens is 434 g/mol. The molecule has 184 valence electrons. The van der Waals surface area contributed by atoms with Crippen LogP contribution in [0.4, 0.5) is 0 Å². The molecule has 34 heavy (non-hydrogen) atoms. The predicted molar refractivity (Wildman–Crippen MR) is 128 cm³/mol. The number of carbonyl (C=O) groups is 2. The third kappa shape index (κ3) is 6.05. The first-order chi connectivity index (χ1) is 16.5. The molecule has 2 atom stereocenters. The summed E-state index contributed by atoms with van der Waals surface area (Å²) in [5.41, 5.74) is 3.12. The van der Waals surface area contributed by atoms with Crippen molar-refractivity contribution in [2.24, 2.45) is 5.92 Å². The lowest BCUT2D eigenvalue weighted by Crippen LogP contribution is -2.44. The van der Waals surface area contributed by atoms with Crippen LogP contribution >= 0.6 is 0 Å². The monoisotopic (exact) mass is 469 g/mol. The van der Waals surface area contributed by atoms with Gasteiger partial charge >= 0.3 is 0 Å². The molecule has 2 amide bonds. The molecule has 0 bridgehead atoms. The third-order valence-corrected chi connectivity index (χ3v) is 6.57. The Bertz CT molecular complexity index is 913. The van der Waals surface area contributed by atoms with Crippen molar-refractivity contribution in [3.8, 4) is 0 Å². The van der Waals surface area contributed by atoms with E-state index in [9.17, 15) is 14.7 Å². The van der Waals surface area contributed by atoms with Gasteiger partial charge in [-0.1, -0.05) is 30.3 Å². The van der Waals surface area contributed by atoms with Gasteiger partial charge in [0.2, 0.25) is 5.91 Å². The number of ether oxygens (including phenoxy) is 2. The summed E-state index contributed by atoms with van der Waals surface area (Å²) in [5, 5.41) is 16.6. The summed E-state index contributed by atoms with van der Waals surface area (Å²) in [5.74, 6) is -0.188. The van der Waals surface area contributed by atoms with E-state index >= 15 is 0 Å². The van der Waals surface area contributed by atoms with Crippen LogP contribution in [-0.4, -0.2) is 80.0 Å². The van der Waals surface area contributed by atoms with Gasteiger partial charge < -0.3 is 30.1 Å². The first-order valence-corrected chi connectivity index (χ1v) is 12.2. The highest BCUT2D eigenvalue weighted by atomic mass is 16.5. The van der Waals surface area contributed by atoms with Crippen molar-refractivity contribution in [2.75, 3.05) is 46.0 Å². The molecule has 0 radical (unpaired) electrons. The molecule has 1 fully saturated rings. The Morgan fingerprint density at radius 1 is 1.18 bits per heavy atom. The minimum atomic E-state index is -0.702. The molecule has 0 spiro atoms. The molecule has 2 unspecified atom stereocenters. The van der Waals surface area contributed by atoms with Gasteiger partial charge in [0.1, 0.15) is 5.76 Å². The average molecular weight is 470 g/mol. The van der Waals surface area contributed by atoms with Gasteiger partial charge in [-0.25, -0.2) is 0 Å². The number of rotatable bonds is 9. The Morgan fingerprint density at radius 2 is 1.88 bits per heavy atom. The lowest BCUT2D eigenvalue weighted by atomic mass is 9.93. The van der Waals surface area contributed by atoms with Crippen LogP contribution in [0.1, 0.15) is 24.5 Å². The highest BCUT2D eigenvalue weighted by molar-refractivity contribution is 5.98. The number of aliphatic hydroxyl groups is 1. The highest BCUT2D eigenvalue weighted by Gasteiger charge is 2.30. The van der Waals surface area contributed by atoms with E-state index in [1.54, 1.807) is 17.1 Å². The topological polar surface area (TPSA) is 100 Å². The fraction of sp³-hybridized carbons (Fsp3) is 0.538. The van der Waals surface area contributed by atoms with Crippen LogP contribution in [0.15, 0.2) is 47.7 Å². The van der Waals surface area contributed by atoms with Crippen molar-refractivity contribution in [2.45, 2.75) is 38.3 Å². The predicted octanol–water partition coefficient (Wildman–Crippen LogP) is 0.946. The quantitative estimate of drug-likeness (QED) is 0.498. The molecule has 1 aromatic rings. The first kappa shape index (κ1) is 24.4. The normalized spacial score (nSPS) is 21.4. The van der Waals surface area contributed by atoms with Gasteiger partial charge in [0, 0.05) is 32.2 Å². The van der Waals surface area contributed by atoms with Crippen LogP contribution < -0.4 is 10.6 Å². The van der Waals surface area contributed by atoms with Crippen molar-refractivity contribution in [3.63, 3.8) is 0 Å². The van der Waals surface area contributed by atoms with Gasteiger partial charge in [0.05, 0.1) is 37.4 Å². The number of morpholine rings is 1. The Hall–Kier alpha value is -2.68. The zero-order valence-corrected chi connectivity index (χ0v) is 19.8. The standard InChI is InChI=1S/C26H35N3O5/c1-2-34-24-15-20(26(32)29-9-11-33-12-10-29)7-8-23(24)25(31)28-17-22(30)16-27-21-13-18-5-3-4-6-19(18)14-21/h3-6,8,15,20-22,27,30H,2,7,9-14,16-17H2,1H3,(H,28,31). The molecule has 8 heteroatoms. The summed E-state index contributed by atoms with van der Waals surface area (Å²) in [6.07, 6.45) is 5.17. The number of benzene rings is 1. The van der Waals surface area contributed by atoms with Crippen LogP contribution in [-0.2, 0) is 31.9 Å². The van der Waals surface area contributed by atoms with Gasteiger partial charge in [0.25, 0.3) is 5.91 Å². The van der Waals surface area contributed by atoms with Crippen LogP contribution in [0.5, 0.6) is 0 Å². The average Bonchev–Trinajstić information content (AvgIpc) is 3.29. The maximum Gasteiger partial charge on any atom is 0.254 e. The Morgan fingerprint density at radius 3 is 2.56 bits per heavy atom. The summed E-state index contributed by atoms with van der Waals surface area (Å²) < 4.78 is 11.0. The maximum absolute atomic E-state index is 12.8. The van der Waals surface area contributed by atoms with E-state index in [1.807, 2.05) is 6.92 Å². The number of allylic oxidation sites excluding steroid dienone is 1. The maximum atomic E-state index is 12.8. The SMILES string of the molecule is CCOC1=CC(C(=O)N2CCOCC2)CC=C1C(=O)NCC(O)CNC1Cc2ccccc2C1.